The van der Waals surface area contributed by atoms with E-state index in [-0.39, 0.29) is 0 Å². The lowest BCUT2D eigenvalue weighted by atomic mass is 9.40. The summed E-state index contributed by atoms with van der Waals surface area (Å²) in [6.45, 7) is 1.74. The summed E-state index contributed by atoms with van der Waals surface area (Å²) in [5, 5.41) is 2.70. The number of nitrogens with zero attached hydrogens (tertiary/aromatic N) is 1. The molecule has 6 rings (SSSR count). The lowest BCUT2D eigenvalue weighted by Gasteiger charge is -2.48. The van der Waals surface area contributed by atoms with Crippen LogP contribution in [-0.2, 0) is 12.8 Å². The predicted octanol–water partition coefficient (Wildman–Crippen LogP) is 5.39. The standard InChI is InChI=1S/C24H22BN/c1-3-7-19-15-23-21(13-17(19)5-1)10-12-26-24-16-20-8-4-2-6-18(20)14-22(24)9-11-25(23)26/h1-9,11,14,16,21,23H,10,12-13,15H2. The molecule has 0 radical (unpaired) electrons. The molecule has 2 heterocycles. The Kier molecular flexibility index (Phi) is 3.11. The van der Waals surface area contributed by atoms with E-state index in [9.17, 15) is 0 Å². The zero-order valence-electron chi connectivity index (χ0n) is 14.9. The molecule has 0 bridgehead atoms. The average Bonchev–Trinajstić information content (AvgIpc) is 2.70. The average molecular weight is 335 g/mol. The van der Waals surface area contributed by atoms with Gasteiger partial charge in [-0.3, -0.25) is 0 Å². The van der Waals surface area contributed by atoms with Crippen LogP contribution in [-0.4, -0.2) is 13.4 Å². The van der Waals surface area contributed by atoms with Crippen molar-refractivity contribution >= 4 is 29.4 Å². The maximum atomic E-state index is 2.69. The molecule has 1 saturated heterocycles. The minimum absolute atomic E-state index is 0.552. The van der Waals surface area contributed by atoms with Crippen molar-refractivity contribution in [3.63, 3.8) is 0 Å². The molecule has 3 aliphatic rings. The first-order valence-electron chi connectivity index (χ1n) is 9.91. The fourth-order valence-electron chi connectivity index (χ4n) is 5.57. The number of hydrogen-bond acceptors (Lipinski definition) is 1. The van der Waals surface area contributed by atoms with E-state index in [0.717, 1.165) is 11.7 Å². The van der Waals surface area contributed by atoms with Crippen molar-refractivity contribution in [2.45, 2.75) is 25.1 Å². The Balaban J connectivity index is 1.42. The van der Waals surface area contributed by atoms with Gasteiger partial charge in [0.2, 0.25) is 0 Å². The first-order valence-corrected chi connectivity index (χ1v) is 9.91. The van der Waals surface area contributed by atoms with Crippen LogP contribution in [0.2, 0.25) is 5.82 Å². The summed E-state index contributed by atoms with van der Waals surface area (Å²) in [5.41, 5.74) is 5.99. The van der Waals surface area contributed by atoms with Gasteiger partial charge in [-0.2, -0.15) is 0 Å². The number of rotatable bonds is 0. The predicted molar refractivity (Wildman–Crippen MR) is 112 cm³/mol. The normalized spacial score (nSPS) is 23.2. The number of anilines is 1. The van der Waals surface area contributed by atoms with Gasteiger partial charge in [-0.25, -0.2) is 0 Å². The SMILES string of the molecule is C1=Cc2cc3ccccc3cc2N2CCC3Cc4ccccc4CC3B12. The molecule has 2 unspecified atom stereocenters. The first-order chi connectivity index (χ1) is 12.9. The maximum Gasteiger partial charge on any atom is 0.285 e. The van der Waals surface area contributed by atoms with E-state index in [1.807, 2.05) is 0 Å². The summed E-state index contributed by atoms with van der Waals surface area (Å²) in [6.07, 6.45) is 6.19. The molecule has 2 heteroatoms. The monoisotopic (exact) mass is 335 g/mol. The van der Waals surface area contributed by atoms with Crippen LogP contribution >= 0.6 is 0 Å². The van der Waals surface area contributed by atoms with E-state index in [1.165, 1.54) is 47.8 Å². The number of fused-ring (bicyclic) bond motifs is 7. The number of hydrogen-bond donors (Lipinski definition) is 0. The van der Waals surface area contributed by atoms with Gasteiger partial charge in [0.1, 0.15) is 0 Å². The van der Waals surface area contributed by atoms with Crippen LogP contribution in [0.15, 0.2) is 66.6 Å². The topological polar surface area (TPSA) is 3.24 Å². The van der Waals surface area contributed by atoms with E-state index in [1.54, 1.807) is 11.1 Å². The van der Waals surface area contributed by atoms with Gasteiger partial charge in [0.25, 0.3) is 6.85 Å². The van der Waals surface area contributed by atoms with Crippen molar-refractivity contribution < 1.29 is 0 Å². The van der Waals surface area contributed by atoms with Crippen molar-refractivity contribution in [1.29, 1.82) is 0 Å². The van der Waals surface area contributed by atoms with Crippen LogP contribution in [0.25, 0.3) is 16.8 Å². The Bertz CT molecular complexity index is 1040. The molecule has 3 aromatic carbocycles. The summed E-state index contributed by atoms with van der Waals surface area (Å²) in [5.74, 6) is 4.06. The molecular formula is C24H22BN. The van der Waals surface area contributed by atoms with Gasteiger partial charge in [0.15, 0.2) is 0 Å². The largest absolute Gasteiger partial charge is 0.410 e. The molecular weight excluding hydrogens is 313 g/mol. The quantitative estimate of drug-likeness (QED) is 0.498. The molecule has 1 aliphatic carbocycles. The van der Waals surface area contributed by atoms with Gasteiger partial charge in [0, 0.05) is 12.2 Å². The van der Waals surface area contributed by atoms with Crippen LogP contribution in [0.4, 0.5) is 5.69 Å². The molecule has 2 aliphatic heterocycles. The van der Waals surface area contributed by atoms with Gasteiger partial charge >= 0.3 is 0 Å². The van der Waals surface area contributed by atoms with Crippen molar-refractivity contribution in [2.24, 2.45) is 5.92 Å². The van der Waals surface area contributed by atoms with E-state index in [0.29, 0.717) is 6.85 Å². The van der Waals surface area contributed by atoms with E-state index < -0.39 is 0 Å². The van der Waals surface area contributed by atoms with Crippen LogP contribution in [0.3, 0.4) is 0 Å². The van der Waals surface area contributed by atoms with E-state index >= 15 is 0 Å². The second kappa shape index (κ2) is 5.51. The highest BCUT2D eigenvalue weighted by Gasteiger charge is 2.43. The molecule has 1 fully saturated rings. The van der Waals surface area contributed by atoms with Crippen LogP contribution < -0.4 is 4.81 Å². The first kappa shape index (κ1) is 14.7. The van der Waals surface area contributed by atoms with Crippen molar-refractivity contribution in [2.75, 3.05) is 11.4 Å². The molecule has 2 atom stereocenters. The molecule has 0 aromatic heterocycles. The minimum Gasteiger partial charge on any atom is -0.410 e. The van der Waals surface area contributed by atoms with Crippen molar-refractivity contribution in [3.05, 3.63) is 83.3 Å². The Morgan fingerprint density at radius 2 is 1.58 bits per heavy atom. The lowest BCUT2D eigenvalue weighted by Crippen LogP contribution is -2.52. The molecule has 0 amide bonds. The van der Waals surface area contributed by atoms with Crippen LogP contribution in [0.5, 0.6) is 0 Å². The molecule has 0 saturated carbocycles. The van der Waals surface area contributed by atoms with Gasteiger partial charge in [-0.15, -0.1) is 0 Å². The smallest absolute Gasteiger partial charge is 0.285 e. The Hall–Kier alpha value is -2.48. The summed E-state index contributed by atoms with van der Waals surface area (Å²) in [7, 11) is 0. The Labute approximate surface area is 155 Å². The molecule has 126 valence electrons. The highest BCUT2D eigenvalue weighted by atomic mass is 15.1. The lowest BCUT2D eigenvalue weighted by molar-refractivity contribution is 0.408. The highest BCUT2D eigenvalue weighted by molar-refractivity contribution is 6.71. The van der Waals surface area contributed by atoms with Gasteiger partial charge < -0.3 is 4.81 Å². The third-order valence-corrected chi connectivity index (χ3v) is 6.88. The maximum absolute atomic E-state index is 2.69. The van der Waals surface area contributed by atoms with Gasteiger partial charge in [0.05, 0.1) is 0 Å². The molecule has 1 nitrogen and oxygen atoms in total. The third kappa shape index (κ3) is 2.11. The zero-order chi connectivity index (χ0) is 17.1. The summed E-state index contributed by atoms with van der Waals surface area (Å²) in [4.78, 5) is 2.69. The highest BCUT2D eigenvalue weighted by Crippen LogP contribution is 2.46. The summed E-state index contributed by atoms with van der Waals surface area (Å²) >= 11 is 0. The van der Waals surface area contributed by atoms with Crippen molar-refractivity contribution in [1.82, 2.24) is 0 Å². The molecule has 26 heavy (non-hydrogen) atoms. The van der Waals surface area contributed by atoms with E-state index in [4.69, 9.17) is 0 Å². The fraction of sp³-hybridized carbons (Fsp3) is 0.250. The molecule has 0 spiro atoms. The Morgan fingerprint density at radius 3 is 2.42 bits per heavy atom. The second-order valence-corrected chi connectivity index (χ2v) is 8.19. The van der Waals surface area contributed by atoms with E-state index in [2.05, 4.69) is 77.5 Å². The van der Waals surface area contributed by atoms with Crippen molar-refractivity contribution in [3.8, 4) is 0 Å². The molecule has 0 N–H and O–H groups in total. The Morgan fingerprint density at radius 1 is 0.846 bits per heavy atom. The zero-order valence-corrected chi connectivity index (χ0v) is 14.9. The van der Waals surface area contributed by atoms with Crippen LogP contribution in [0.1, 0.15) is 23.1 Å². The van der Waals surface area contributed by atoms with Gasteiger partial charge in [-0.1, -0.05) is 60.6 Å². The minimum atomic E-state index is 0.552. The summed E-state index contributed by atoms with van der Waals surface area (Å²) in [6, 6.07) is 22.6. The molecule has 3 aromatic rings. The third-order valence-electron chi connectivity index (χ3n) is 6.88. The fourth-order valence-corrected chi connectivity index (χ4v) is 5.57. The van der Waals surface area contributed by atoms with Crippen LogP contribution in [0, 0.1) is 5.92 Å². The second-order valence-electron chi connectivity index (χ2n) is 8.19. The summed E-state index contributed by atoms with van der Waals surface area (Å²) < 4.78 is 0. The van der Waals surface area contributed by atoms with Gasteiger partial charge in [-0.05, 0) is 70.6 Å². The number of benzene rings is 3.